The number of pyridine rings is 1. The highest BCUT2D eigenvalue weighted by atomic mass is 16.5. The molecule has 0 radical (unpaired) electrons. The fourth-order valence-electron chi connectivity index (χ4n) is 2.34. The van der Waals surface area contributed by atoms with Crippen LogP contribution in [0.25, 0.3) is 0 Å². The number of nitrogen functional groups attached to an aromatic ring is 1. The van der Waals surface area contributed by atoms with Crippen molar-refractivity contribution in [2.45, 2.75) is 6.92 Å². The lowest BCUT2D eigenvalue weighted by Gasteiger charge is -2.14. The third-order valence-electron chi connectivity index (χ3n) is 3.78. The summed E-state index contributed by atoms with van der Waals surface area (Å²) in [7, 11) is 1.50. The van der Waals surface area contributed by atoms with Gasteiger partial charge < -0.3 is 15.8 Å². The normalized spacial score (nSPS) is 10.1. The monoisotopic (exact) mass is 365 g/mol. The lowest BCUT2D eigenvalue weighted by atomic mass is 10.2. The number of hydrogen-bond acceptors (Lipinski definition) is 8. The number of ether oxygens (including phenoxy) is 1. The Balaban J connectivity index is 1.74. The first kappa shape index (κ1) is 17.9. The molecule has 9 nitrogen and oxygen atoms in total. The third-order valence-corrected chi connectivity index (χ3v) is 3.78. The number of nitrogens with two attached hydrogens (primary N) is 1. The maximum atomic E-state index is 12.4. The SMILES string of the molecule is COc1ccccc1C(=O)NNc1ncnc(Nc2ncccc2C)c1N. The van der Waals surface area contributed by atoms with Crippen molar-refractivity contribution in [2.75, 3.05) is 23.6 Å². The molecule has 27 heavy (non-hydrogen) atoms. The number of nitrogens with zero attached hydrogens (tertiary/aromatic N) is 3. The van der Waals surface area contributed by atoms with Gasteiger partial charge in [0.1, 0.15) is 23.6 Å². The number of benzene rings is 1. The lowest BCUT2D eigenvalue weighted by Crippen LogP contribution is -2.30. The first-order valence-electron chi connectivity index (χ1n) is 8.08. The molecule has 0 unspecified atom stereocenters. The van der Waals surface area contributed by atoms with Crippen molar-refractivity contribution < 1.29 is 9.53 Å². The van der Waals surface area contributed by atoms with Crippen molar-refractivity contribution in [3.8, 4) is 5.75 Å². The number of hydrogen-bond donors (Lipinski definition) is 4. The average molecular weight is 365 g/mol. The van der Waals surface area contributed by atoms with E-state index in [1.807, 2.05) is 19.1 Å². The molecule has 0 bridgehead atoms. The van der Waals surface area contributed by atoms with Crippen LogP contribution in [0.3, 0.4) is 0 Å². The summed E-state index contributed by atoms with van der Waals surface area (Å²) < 4.78 is 5.18. The molecule has 0 aliphatic rings. The fourth-order valence-corrected chi connectivity index (χ4v) is 2.34. The van der Waals surface area contributed by atoms with E-state index in [4.69, 9.17) is 10.5 Å². The minimum Gasteiger partial charge on any atom is -0.496 e. The van der Waals surface area contributed by atoms with Crippen LogP contribution in [0.4, 0.5) is 23.1 Å². The molecule has 5 N–H and O–H groups in total. The van der Waals surface area contributed by atoms with E-state index in [1.165, 1.54) is 13.4 Å². The fraction of sp³-hybridized carbons (Fsp3) is 0.111. The van der Waals surface area contributed by atoms with Gasteiger partial charge in [-0.05, 0) is 30.7 Å². The Hall–Kier alpha value is -3.88. The van der Waals surface area contributed by atoms with E-state index in [0.29, 0.717) is 22.9 Å². The molecule has 0 aliphatic heterocycles. The maximum absolute atomic E-state index is 12.4. The number of carbonyl (C=O) groups excluding carboxylic acids is 1. The molecule has 2 aromatic heterocycles. The molecule has 9 heteroatoms. The first-order chi connectivity index (χ1) is 13.1. The second-order valence-corrected chi connectivity index (χ2v) is 5.56. The topological polar surface area (TPSA) is 127 Å². The van der Waals surface area contributed by atoms with E-state index >= 15 is 0 Å². The summed E-state index contributed by atoms with van der Waals surface area (Å²) in [5.74, 6) is 1.33. The van der Waals surface area contributed by atoms with Gasteiger partial charge in [-0.2, -0.15) is 0 Å². The Bertz CT molecular complexity index is 962. The molecule has 1 aromatic carbocycles. The second kappa shape index (κ2) is 8.00. The van der Waals surface area contributed by atoms with Crippen molar-refractivity contribution in [1.29, 1.82) is 0 Å². The highest BCUT2D eigenvalue weighted by Crippen LogP contribution is 2.25. The first-order valence-corrected chi connectivity index (χ1v) is 8.08. The number of para-hydroxylation sites is 1. The Kier molecular flexibility index (Phi) is 5.31. The number of hydrazine groups is 1. The standard InChI is InChI=1S/C18H19N7O2/c1-11-6-5-9-20-15(11)23-16-14(19)17(22-10-21-16)24-25-18(26)12-7-3-4-8-13(12)27-2/h3-10H,19H2,1-2H3,(H,25,26)(H2,20,21,22,23,24). The minimum absolute atomic E-state index is 0.239. The van der Waals surface area contributed by atoms with Gasteiger partial charge in [0.15, 0.2) is 11.6 Å². The molecule has 138 valence electrons. The Labute approximate surface area is 156 Å². The number of carbonyl (C=O) groups is 1. The number of aryl methyl sites for hydroxylation is 1. The zero-order valence-corrected chi connectivity index (χ0v) is 14.9. The second-order valence-electron chi connectivity index (χ2n) is 5.56. The lowest BCUT2D eigenvalue weighted by molar-refractivity contribution is 0.0959. The van der Waals surface area contributed by atoms with Crippen molar-refractivity contribution in [3.63, 3.8) is 0 Å². The Morgan fingerprint density at radius 1 is 1.04 bits per heavy atom. The average Bonchev–Trinajstić information content (AvgIpc) is 2.70. The van der Waals surface area contributed by atoms with Crippen LogP contribution in [0.15, 0.2) is 48.9 Å². The van der Waals surface area contributed by atoms with E-state index in [2.05, 4.69) is 31.1 Å². The zero-order chi connectivity index (χ0) is 19.2. The van der Waals surface area contributed by atoms with Gasteiger partial charge in [0.05, 0.1) is 12.7 Å². The van der Waals surface area contributed by atoms with E-state index in [-0.39, 0.29) is 17.4 Å². The van der Waals surface area contributed by atoms with Crippen LogP contribution in [-0.2, 0) is 0 Å². The van der Waals surface area contributed by atoms with Gasteiger partial charge in [-0.15, -0.1) is 0 Å². The Morgan fingerprint density at radius 3 is 2.59 bits per heavy atom. The summed E-state index contributed by atoms with van der Waals surface area (Å²) in [6.45, 7) is 1.92. The van der Waals surface area contributed by atoms with Crippen molar-refractivity contribution in [1.82, 2.24) is 20.4 Å². The predicted octanol–water partition coefficient (Wildman–Crippen LogP) is 2.27. The van der Waals surface area contributed by atoms with Crippen LogP contribution in [0.5, 0.6) is 5.75 Å². The molecule has 2 heterocycles. The number of amides is 1. The van der Waals surface area contributed by atoms with Crippen LogP contribution in [0.1, 0.15) is 15.9 Å². The largest absolute Gasteiger partial charge is 0.496 e. The van der Waals surface area contributed by atoms with E-state index in [1.54, 1.807) is 30.5 Å². The van der Waals surface area contributed by atoms with Gasteiger partial charge >= 0.3 is 0 Å². The molecule has 0 saturated heterocycles. The number of rotatable bonds is 6. The van der Waals surface area contributed by atoms with Crippen LogP contribution < -0.4 is 26.6 Å². The summed E-state index contributed by atoms with van der Waals surface area (Å²) >= 11 is 0. The van der Waals surface area contributed by atoms with Gasteiger partial charge in [0, 0.05) is 6.20 Å². The van der Waals surface area contributed by atoms with Crippen LogP contribution in [0, 0.1) is 6.92 Å². The molecule has 0 spiro atoms. The van der Waals surface area contributed by atoms with E-state index < -0.39 is 0 Å². The highest BCUT2D eigenvalue weighted by Gasteiger charge is 2.14. The minimum atomic E-state index is -0.388. The van der Waals surface area contributed by atoms with Gasteiger partial charge in [0.2, 0.25) is 0 Å². The molecule has 0 fully saturated rings. The summed E-state index contributed by atoms with van der Waals surface area (Å²) in [6, 6.07) is 10.6. The number of methoxy groups -OCH3 is 1. The molecular formula is C18H19N7O2. The Morgan fingerprint density at radius 2 is 1.81 bits per heavy atom. The van der Waals surface area contributed by atoms with Crippen LogP contribution >= 0.6 is 0 Å². The molecular weight excluding hydrogens is 346 g/mol. The summed E-state index contributed by atoms with van der Waals surface area (Å²) in [5, 5.41) is 3.06. The van der Waals surface area contributed by atoms with Gasteiger partial charge in [-0.3, -0.25) is 15.6 Å². The number of nitrogens with one attached hydrogen (secondary N) is 3. The summed E-state index contributed by atoms with van der Waals surface area (Å²) in [5.41, 5.74) is 12.9. The highest BCUT2D eigenvalue weighted by molar-refractivity contribution is 5.97. The van der Waals surface area contributed by atoms with Crippen LogP contribution in [-0.4, -0.2) is 28.0 Å². The van der Waals surface area contributed by atoms with E-state index in [0.717, 1.165) is 5.56 Å². The smallest absolute Gasteiger partial charge is 0.273 e. The predicted molar refractivity (Wildman–Crippen MR) is 103 cm³/mol. The van der Waals surface area contributed by atoms with Gasteiger partial charge in [-0.1, -0.05) is 18.2 Å². The summed E-state index contributed by atoms with van der Waals surface area (Å²) in [6.07, 6.45) is 2.99. The van der Waals surface area contributed by atoms with Crippen molar-refractivity contribution in [2.24, 2.45) is 0 Å². The number of aromatic nitrogens is 3. The van der Waals surface area contributed by atoms with Gasteiger partial charge in [0.25, 0.3) is 5.91 Å². The summed E-state index contributed by atoms with van der Waals surface area (Å²) in [4.78, 5) is 24.8. The van der Waals surface area contributed by atoms with Crippen molar-refractivity contribution >= 4 is 29.0 Å². The van der Waals surface area contributed by atoms with Crippen LogP contribution in [0.2, 0.25) is 0 Å². The van der Waals surface area contributed by atoms with Gasteiger partial charge in [-0.25, -0.2) is 15.0 Å². The third kappa shape index (κ3) is 4.03. The molecule has 3 aromatic rings. The molecule has 0 aliphatic carbocycles. The van der Waals surface area contributed by atoms with E-state index in [9.17, 15) is 4.79 Å². The quantitative estimate of drug-likeness (QED) is 0.490. The zero-order valence-electron chi connectivity index (χ0n) is 14.9. The maximum Gasteiger partial charge on any atom is 0.273 e. The van der Waals surface area contributed by atoms with Crippen molar-refractivity contribution in [3.05, 3.63) is 60.0 Å². The molecule has 1 amide bonds. The molecule has 0 atom stereocenters. The molecule has 0 saturated carbocycles. The number of anilines is 4. The molecule has 3 rings (SSSR count).